The molecule has 2 heterocycles. The van der Waals surface area contributed by atoms with Crippen LogP contribution in [0.3, 0.4) is 0 Å². The van der Waals surface area contributed by atoms with Gasteiger partial charge in [-0.2, -0.15) is 0 Å². The molecule has 1 aliphatic heterocycles. The number of rotatable bonds is 8. The van der Waals surface area contributed by atoms with Gasteiger partial charge in [0.05, 0.1) is 28.7 Å². The number of fused-ring (bicyclic) bond motifs is 1. The third-order valence-electron chi connectivity index (χ3n) is 5.87. The quantitative estimate of drug-likeness (QED) is 0.308. The Morgan fingerprint density at radius 2 is 1.94 bits per heavy atom. The number of hydrogen-bond donors (Lipinski definition) is 0. The number of amides is 1. The number of halogens is 1. The first-order valence-electron chi connectivity index (χ1n) is 11.5. The Hall–Kier alpha value is -2.06. The molecule has 1 fully saturated rings. The van der Waals surface area contributed by atoms with Crippen LogP contribution in [0.25, 0.3) is 10.9 Å². The molecule has 3 rings (SSSR count). The van der Waals surface area contributed by atoms with E-state index in [2.05, 4.69) is 13.8 Å². The van der Waals surface area contributed by atoms with E-state index in [1.165, 1.54) is 11.8 Å². The molecule has 0 radical (unpaired) electrons. The first-order chi connectivity index (χ1) is 15.7. The normalized spacial score (nSPS) is 15.8. The first kappa shape index (κ1) is 25.6. The Morgan fingerprint density at radius 1 is 1.24 bits per heavy atom. The fourth-order valence-electron chi connectivity index (χ4n) is 3.91. The van der Waals surface area contributed by atoms with Crippen LogP contribution in [0.2, 0.25) is 5.02 Å². The van der Waals surface area contributed by atoms with Gasteiger partial charge in [-0.05, 0) is 57.2 Å². The summed E-state index contributed by atoms with van der Waals surface area (Å²) < 4.78 is 6.79. The molecule has 1 aromatic carbocycles. The summed E-state index contributed by atoms with van der Waals surface area (Å²) in [4.78, 5) is 44.8. The first-order valence-corrected chi connectivity index (χ1v) is 12.8. The van der Waals surface area contributed by atoms with Crippen molar-refractivity contribution in [1.29, 1.82) is 0 Å². The van der Waals surface area contributed by atoms with Crippen molar-refractivity contribution in [3.8, 4) is 0 Å². The van der Waals surface area contributed by atoms with Gasteiger partial charge >= 0.3 is 5.97 Å². The van der Waals surface area contributed by atoms with Crippen LogP contribution in [0.4, 0.5) is 0 Å². The van der Waals surface area contributed by atoms with Crippen LogP contribution in [0.1, 0.15) is 47.0 Å². The minimum Gasteiger partial charge on any atom is -0.466 e. The van der Waals surface area contributed by atoms with E-state index in [0.29, 0.717) is 66.1 Å². The van der Waals surface area contributed by atoms with Crippen LogP contribution < -0.4 is 5.56 Å². The molecule has 180 valence electrons. The third-order valence-corrected chi connectivity index (χ3v) is 7.18. The van der Waals surface area contributed by atoms with Gasteiger partial charge in [-0.25, -0.2) is 4.98 Å². The van der Waals surface area contributed by atoms with Crippen LogP contribution in [0, 0.1) is 11.8 Å². The molecular weight excluding hydrogens is 462 g/mol. The molecule has 1 aromatic heterocycles. The SMILES string of the molecule is CCOC(=O)C1CCN(C(=O)C(C)Sc2nc3cc(Cl)ccc3c(=O)n2CCC(C)C)CC1. The van der Waals surface area contributed by atoms with Gasteiger partial charge in [0, 0.05) is 24.7 Å². The average molecular weight is 494 g/mol. The summed E-state index contributed by atoms with van der Waals surface area (Å²) in [5.41, 5.74) is 0.417. The summed E-state index contributed by atoms with van der Waals surface area (Å²) in [7, 11) is 0. The van der Waals surface area contributed by atoms with E-state index in [1.54, 1.807) is 34.6 Å². The number of carbonyl (C=O) groups is 2. The zero-order valence-corrected chi connectivity index (χ0v) is 21.2. The van der Waals surface area contributed by atoms with Crippen LogP contribution in [-0.2, 0) is 20.9 Å². The molecule has 1 amide bonds. The summed E-state index contributed by atoms with van der Waals surface area (Å²) >= 11 is 7.43. The van der Waals surface area contributed by atoms with Crippen LogP contribution >= 0.6 is 23.4 Å². The molecule has 1 aliphatic rings. The molecule has 0 N–H and O–H groups in total. The number of benzene rings is 1. The second-order valence-electron chi connectivity index (χ2n) is 8.81. The van der Waals surface area contributed by atoms with Crippen LogP contribution in [0.5, 0.6) is 0 Å². The maximum absolute atomic E-state index is 13.2. The van der Waals surface area contributed by atoms with Crippen molar-refractivity contribution in [3.63, 3.8) is 0 Å². The second-order valence-corrected chi connectivity index (χ2v) is 10.6. The van der Waals surface area contributed by atoms with Crippen molar-refractivity contribution in [2.45, 2.75) is 63.9 Å². The fraction of sp³-hybridized carbons (Fsp3) is 0.583. The highest BCUT2D eigenvalue weighted by atomic mass is 35.5. The molecule has 1 atom stereocenters. The van der Waals surface area contributed by atoms with Crippen LogP contribution in [0.15, 0.2) is 28.2 Å². The second kappa shape index (κ2) is 11.4. The minimum atomic E-state index is -0.419. The van der Waals surface area contributed by atoms with E-state index in [4.69, 9.17) is 21.3 Å². The van der Waals surface area contributed by atoms with Gasteiger partial charge in [0.25, 0.3) is 5.56 Å². The van der Waals surface area contributed by atoms with Gasteiger partial charge < -0.3 is 9.64 Å². The van der Waals surface area contributed by atoms with Gasteiger partial charge in [-0.15, -0.1) is 0 Å². The molecule has 1 unspecified atom stereocenters. The number of ether oxygens (including phenoxy) is 1. The summed E-state index contributed by atoms with van der Waals surface area (Å²) in [6.07, 6.45) is 2.04. The van der Waals surface area contributed by atoms with E-state index < -0.39 is 5.25 Å². The topological polar surface area (TPSA) is 81.5 Å². The molecule has 1 saturated heterocycles. The van der Waals surface area contributed by atoms with Crippen molar-refractivity contribution in [3.05, 3.63) is 33.6 Å². The van der Waals surface area contributed by atoms with Gasteiger partial charge in [0.1, 0.15) is 0 Å². The van der Waals surface area contributed by atoms with E-state index in [0.717, 1.165) is 6.42 Å². The molecule has 0 aliphatic carbocycles. The lowest BCUT2D eigenvalue weighted by Gasteiger charge is -2.32. The molecule has 0 bridgehead atoms. The van der Waals surface area contributed by atoms with E-state index in [9.17, 15) is 14.4 Å². The number of likely N-dealkylation sites (tertiary alicyclic amines) is 1. The molecule has 2 aromatic rings. The Balaban J connectivity index is 1.78. The number of esters is 1. The van der Waals surface area contributed by atoms with Gasteiger partial charge in [0.2, 0.25) is 5.91 Å². The highest BCUT2D eigenvalue weighted by Gasteiger charge is 2.31. The summed E-state index contributed by atoms with van der Waals surface area (Å²) in [5.74, 6) is 0.0823. The monoisotopic (exact) mass is 493 g/mol. The number of piperidine rings is 1. The van der Waals surface area contributed by atoms with Gasteiger partial charge in [-0.1, -0.05) is 37.2 Å². The standard InChI is InChI=1S/C24H32ClN3O4S/c1-5-32-23(31)17-9-11-27(12-10-17)21(29)16(4)33-24-26-20-14-18(25)6-7-19(20)22(30)28(24)13-8-15(2)3/h6-7,14-17H,5,8-13H2,1-4H3. The van der Waals surface area contributed by atoms with E-state index >= 15 is 0 Å². The van der Waals surface area contributed by atoms with Crippen LogP contribution in [-0.4, -0.2) is 51.3 Å². The van der Waals surface area contributed by atoms with Crippen molar-refractivity contribution < 1.29 is 14.3 Å². The maximum Gasteiger partial charge on any atom is 0.309 e. The molecular formula is C24H32ClN3O4S. The minimum absolute atomic E-state index is 0.0156. The van der Waals surface area contributed by atoms with E-state index in [1.807, 2.05) is 6.92 Å². The number of thioether (sulfide) groups is 1. The molecule has 0 spiro atoms. The van der Waals surface area contributed by atoms with Crippen molar-refractivity contribution in [2.24, 2.45) is 11.8 Å². The zero-order valence-electron chi connectivity index (χ0n) is 19.7. The summed E-state index contributed by atoms with van der Waals surface area (Å²) in [5, 5.41) is 1.14. The summed E-state index contributed by atoms with van der Waals surface area (Å²) in [6, 6.07) is 5.08. The van der Waals surface area contributed by atoms with Crippen molar-refractivity contribution in [2.75, 3.05) is 19.7 Å². The maximum atomic E-state index is 13.2. The smallest absolute Gasteiger partial charge is 0.309 e. The Kier molecular flexibility index (Phi) is 8.82. The lowest BCUT2D eigenvalue weighted by Crippen LogP contribution is -2.43. The number of carbonyl (C=O) groups excluding carboxylic acids is 2. The largest absolute Gasteiger partial charge is 0.466 e. The lowest BCUT2D eigenvalue weighted by atomic mass is 9.97. The Labute approximate surface area is 203 Å². The predicted molar refractivity (Wildman–Crippen MR) is 132 cm³/mol. The average Bonchev–Trinajstić information content (AvgIpc) is 2.78. The number of hydrogen-bond acceptors (Lipinski definition) is 6. The highest BCUT2D eigenvalue weighted by Crippen LogP contribution is 2.27. The molecule has 33 heavy (non-hydrogen) atoms. The van der Waals surface area contributed by atoms with Gasteiger partial charge in [-0.3, -0.25) is 19.0 Å². The zero-order chi connectivity index (χ0) is 24.1. The molecule has 9 heteroatoms. The third kappa shape index (κ3) is 6.29. The number of nitrogens with zero attached hydrogens (tertiary/aromatic N) is 3. The highest BCUT2D eigenvalue weighted by molar-refractivity contribution is 8.00. The Bertz CT molecular complexity index is 1060. The summed E-state index contributed by atoms with van der Waals surface area (Å²) in [6.45, 7) is 9.81. The molecule has 0 saturated carbocycles. The fourth-order valence-corrected chi connectivity index (χ4v) is 5.09. The predicted octanol–water partition coefficient (Wildman–Crippen LogP) is 4.38. The Morgan fingerprint density at radius 3 is 2.58 bits per heavy atom. The lowest BCUT2D eigenvalue weighted by molar-refractivity contribution is -0.151. The van der Waals surface area contributed by atoms with E-state index in [-0.39, 0.29) is 23.4 Å². The van der Waals surface area contributed by atoms with Crippen molar-refractivity contribution in [1.82, 2.24) is 14.5 Å². The number of aromatic nitrogens is 2. The molecule has 7 nitrogen and oxygen atoms in total. The van der Waals surface area contributed by atoms with Crippen molar-refractivity contribution >= 4 is 46.1 Å². The van der Waals surface area contributed by atoms with Gasteiger partial charge in [0.15, 0.2) is 5.16 Å².